The van der Waals surface area contributed by atoms with Crippen LogP contribution in [0.15, 0.2) is 36.0 Å². The topological polar surface area (TPSA) is 91.3 Å². The van der Waals surface area contributed by atoms with Gasteiger partial charge in [0, 0.05) is 12.4 Å². The quantitative estimate of drug-likeness (QED) is 0.700. The predicted molar refractivity (Wildman–Crippen MR) is 82.7 cm³/mol. The van der Waals surface area contributed by atoms with Crippen molar-refractivity contribution >= 4 is 23.6 Å². The smallest absolute Gasteiger partial charge is 0.235 e. The summed E-state index contributed by atoms with van der Waals surface area (Å²) in [6.07, 6.45) is 4.13. The number of nitrogens with zero attached hydrogens (tertiary/aromatic N) is 1. The number of aliphatic hydroxyl groups is 1. The first-order chi connectivity index (χ1) is 10.6. The van der Waals surface area contributed by atoms with Crippen LogP contribution in [0.5, 0.6) is 0 Å². The van der Waals surface area contributed by atoms with Crippen molar-refractivity contribution in [1.82, 2.24) is 15.6 Å². The summed E-state index contributed by atoms with van der Waals surface area (Å²) in [7, 11) is 0. The van der Waals surface area contributed by atoms with Crippen LogP contribution in [0.2, 0.25) is 0 Å². The molecular formula is C15H17N3O3S. The molecule has 3 rings (SSSR count). The molecule has 3 N–H and O–H groups in total. The van der Waals surface area contributed by atoms with E-state index in [1.807, 2.05) is 18.4 Å². The van der Waals surface area contributed by atoms with Gasteiger partial charge in [0.2, 0.25) is 11.8 Å². The molecule has 0 spiro atoms. The fourth-order valence-corrected chi connectivity index (χ4v) is 3.84. The maximum atomic E-state index is 12.4. The molecule has 0 aromatic carbocycles. The first-order valence-corrected chi connectivity index (χ1v) is 8.03. The van der Waals surface area contributed by atoms with E-state index in [0.717, 1.165) is 5.56 Å². The molecule has 5 unspecified atom stereocenters. The van der Waals surface area contributed by atoms with E-state index in [2.05, 4.69) is 15.6 Å². The Morgan fingerprint density at radius 1 is 1.45 bits per heavy atom. The monoisotopic (exact) mass is 319 g/mol. The molecule has 2 amide bonds. The third-order valence-electron chi connectivity index (χ3n) is 3.99. The van der Waals surface area contributed by atoms with Crippen LogP contribution >= 0.6 is 11.8 Å². The summed E-state index contributed by atoms with van der Waals surface area (Å²) >= 11 is 1.44. The third-order valence-corrected chi connectivity index (χ3v) is 5.19. The number of pyridine rings is 1. The van der Waals surface area contributed by atoms with E-state index in [-0.39, 0.29) is 17.3 Å². The Morgan fingerprint density at radius 2 is 2.18 bits per heavy atom. The zero-order valence-electron chi connectivity index (χ0n) is 12.0. The molecule has 1 fully saturated rings. The zero-order chi connectivity index (χ0) is 15.7. The van der Waals surface area contributed by atoms with Gasteiger partial charge in [-0.3, -0.25) is 14.6 Å². The van der Waals surface area contributed by atoms with Crippen LogP contribution in [0.1, 0.15) is 18.5 Å². The molecule has 1 aromatic heterocycles. The minimum atomic E-state index is -1.09. The van der Waals surface area contributed by atoms with Gasteiger partial charge >= 0.3 is 0 Å². The van der Waals surface area contributed by atoms with Crippen molar-refractivity contribution in [2.45, 2.75) is 30.4 Å². The number of carbonyl (C=O) groups excluding carboxylic acids is 2. The molecule has 6 nitrogen and oxygen atoms in total. The molecule has 7 heteroatoms. The second-order valence-electron chi connectivity index (χ2n) is 5.44. The van der Waals surface area contributed by atoms with Crippen LogP contribution in [0, 0.1) is 5.92 Å². The molecular weight excluding hydrogens is 302 g/mol. The van der Waals surface area contributed by atoms with Gasteiger partial charge in [0.05, 0.1) is 23.4 Å². The van der Waals surface area contributed by atoms with Crippen LogP contribution in [0.3, 0.4) is 0 Å². The number of hydrogen-bond donors (Lipinski definition) is 3. The van der Waals surface area contributed by atoms with E-state index in [4.69, 9.17) is 0 Å². The Bertz CT molecular complexity index is 607. The molecule has 0 saturated carbocycles. The van der Waals surface area contributed by atoms with Crippen LogP contribution in [-0.4, -0.2) is 39.3 Å². The second-order valence-corrected chi connectivity index (χ2v) is 6.53. The lowest BCUT2D eigenvalue weighted by Gasteiger charge is -2.35. The van der Waals surface area contributed by atoms with Crippen molar-refractivity contribution in [3.63, 3.8) is 0 Å². The first kappa shape index (κ1) is 15.1. The van der Waals surface area contributed by atoms with Crippen LogP contribution < -0.4 is 10.6 Å². The van der Waals surface area contributed by atoms with Gasteiger partial charge < -0.3 is 15.7 Å². The molecule has 116 valence electrons. The van der Waals surface area contributed by atoms with E-state index >= 15 is 0 Å². The summed E-state index contributed by atoms with van der Waals surface area (Å²) < 4.78 is 0. The number of nitrogens with one attached hydrogen (secondary N) is 2. The minimum absolute atomic E-state index is 0.200. The first-order valence-electron chi connectivity index (χ1n) is 7.09. The highest BCUT2D eigenvalue weighted by molar-refractivity contribution is 8.03. The maximum Gasteiger partial charge on any atom is 0.235 e. The number of fused-ring (bicyclic) bond motifs is 1. The van der Waals surface area contributed by atoms with Crippen molar-refractivity contribution in [1.29, 1.82) is 0 Å². The van der Waals surface area contributed by atoms with E-state index in [0.29, 0.717) is 0 Å². The number of carbonyl (C=O) groups is 2. The normalized spacial score (nSPS) is 31.3. The fourth-order valence-electron chi connectivity index (χ4n) is 2.75. The van der Waals surface area contributed by atoms with Gasteiger partial charge in [-0.25, -0.2) is 0 Å². The van der Waals surface area contributed by atoms with Crippen molar-refractivity contribution < 1.29 is 14.7 Å². The summed E-state index contributed by atoms with van der Waals surface area (Å²) in [5, 5.41) is 17.6. The van der Waals surface area contributed by atoms with Gasteiger partial charge in [-0.1, -0.05) is 6.08 Å². The average molecular weight is 319 g/mol. The number of amides is 2. The Morgan fingerprint density at radius 3 is 2.91 bits per heavy atom. The number of piperidine rings is 1. The Labute approximate surface area is 132 Å². The van der Waals surface area contributed by atoms with E-state index in [1.165, 1.54) is 11.8 Å². The third kappa shape index (κ3) is 2.74. The van der Waals surface area contributed by atoms with Gasteiger partial charge in [-0.05, 0) is 30.0 Å². The van der Waals surface area contributed by atoms with Gasteiger partial charge in [-0.15, -0.1) is 11.8 Å². The van der Waals surface area contributed by atoms with Gasteiger partial charge in [0.15, 0.2) is 0 Å². The van der Waals surface area contributed by atoms with Crippen LogP contribution in [0.4, 0.5) is 0 Å². The molecule has 1 saturated heterocycles. The zero-order valence-corrected chi connectivity index (χ0v) is 12.8. The maximum absolute atomic E-state index is 12.4. The standard InChI is InChI=1S/C15H17N3O3S/c1-8(9-2-5-16-6-3-9)17-14(20)11-12(19)13-10(4-7-22-13)18-15(11)21/h2-8,10-13,19H,1H3,(H,17,20)(H,18,21). The Balaban J connectivity index is 1.70. The lowest BCUT2D eigenvalue weighted by Crippen LogP contribution is -2.61. The largest absolute Gasteiger partial charge is 0.390 e. The molecule has 2 aliphatic rings. The number of aromatic nitrogens is 1. The van der Waals surface area contributed by atoms with Crippen molar-refractivity contribution in [3.05, 3.63) is 41.6 Å². The van der Waals surface area contributed by atoms with Crippen LogP contribution in [0.25, 0.3) is 0 Å². The van der Waals surface area contributed by atoms with E-state index in [1.54, 1.807) is 24.5 Å². The summed E-state index contributed by atoms with van der Waals surface area (Å²) in [5.74, 6) is -1.97. The molecule has 5 atom stereocenters. The lowest BCUT2D eigenvalue weighted by atomic mass is 9.89. The SMILES string of the molecule is CC(NC(=O)C1C(=O)NC2C=CSC2C1O)c1ccncc1. The molecule has 1 aromatic rings. The Hall–Kier alpha value is -1.86. The Kier molecular flexibility index (Phi) is 4.17. The fraction of sp³-hybridized carbons (Fsp3) is 0.400. The summed E-state index contributed by atoms with van der Waals surface area (Å²) in [6, 6.07) is 3.14. The molecule has 22 heavy (non-hydrogen) atoms. The highest BCUT2D eigenvalue weighted by Crippen LogP contribution is 2.34. The van der Waals surface area contributed by atoms with E-state index in [9.17, 15) is 14.7 Å². The van der Waals surface area contributed by atoms with Crippen LogP contribution in [-0.2, 0) is 9.59 Å². The number of hydrogen-bond acceptors (Lipinski definition) is 5. The highest BCUT2D eigenvalue weighted by Gasteiger charge is 2.47. The van der Waals surface area contributed by atoms with Gasteiger partial charge in [-0.2, -0.15) is 0 Å². The van der Waals surface area contributed by atoms with Gasteiger partial charge in [0.25, 0.3) is 0 Å². The number of thioether (sulfide) groups is 1. The van der Waals surface area contributed by atoms with Crippen molar-refractivity contribution in [3.8, 4) is 0 Å². The molecule has 0 aliphatic carbocycles. The summed E-state index contributed by atoms with van der Waals surface area (Å²) in [5.41, 5.74) is 0.892. The molecule has 3 heterocycles. The minimum Gasteiger partial charge on any atom is -0.390 e. The van der Waals surface area contributed by atoms with Crippen molar-refractivity contribution in [2.75, 3.05) is 0 Å². The lowest BCUT2D eigenvalue weighted by molar-refractivity contribution is -0.143. The summed E-state index contributed by atoms with van der Waals surface area (Å²) in [4.78, 5) is 28.5. The van der Waals surface area contributed by atoms with Crippen molar-refractivity contribution in [2.24, 2.45) is 5.92 Å². The number of aliphatic hydroxyl groups excluding tert-OH is 1. The molecule has 0 radical (unpaired) electrons. The summed E-state index contributed by atoms with van der Waals surface area (Å²) in [6.45, 7) is 1.83. The van der Waals surface area contributed by atoms with Gasteiger partial charge in [0.1, 0.15) is 5.92 Å². The molecule has 0 bridgehead atoms. The highest BCUT2D eigenvalue weighted by atomic mass is 32.2. The predicted octanol–water partition coefficient (Wildman–Crippen LogP) is 0.363. The average Bonchev–Trinajstić information content (AvgIpc) is 2.96. The van der Waals surface area contributed by atoms with E-state index < -0.39 is 23.8 Å². The number of rotatable bonds is 3. The molecule has 2 aliphatic heterocycles. The second kappa shape index (κ2) is 6.10.